The minimum atomic E-state index is -3.27. The number of rotatable bonds is 8. The van der Waals surface area contributed by atoms with Crippen molar-refractivity contribution in [1.82, 2.24) is 20.3 Å². The highest BCUT2D eigenvalue weighted by molar-refractivity contribution is 7.88. The molecule has 0 amide bonds. The molecule has 1 aliphatic heterocycles. The standard InChI is InChI=1S/C19H33N5O2S/c1-19(2,23-27(4,25)26)15-22-18(20-3)21-14-17(24-12-8-9-13-24)16-10-6-5-7-11-16/h5-7,10-11,17,23H,8-9,12-15H2,1-4H3,(H2,20,21,22). The maximum absolute atomic E-state index is 11.5. The van der Waals surface area contributed by atoms with Gasteiger partial charge in [0.05, 0.1) is 12.3 Å². The third-order valence-electron chi connectivity index (χ3n) is 4.61. The van der Waals surface area contributed by atoms with E-state index in [1.807, 2.05) is 19.9 Å². The van der Waals surface area contributed by atoms with E-state index >= 15 is 0 Å². The molecule has 152 valence electrons. The van der Waals surface area contributed by atoms with E-state index in [2.05, 4.69) is 49.5 Å². The smallest absolute Gasteiger partial charge is 0.209 e. The number of benzene rings is 1. The number of hydrogen-bond donors (Lipinski definition) is 3. The number of guanidine groups is 1. The molecule has 1 heterocycles. The van der Waals surface area contributed by atoms with Gasteiger partial charge in [0.2, 0.25) is 10.0 Å². The van der Waals surface area contributed by atoms with E-state index in [0.29, 0.717) is 12.5 Å². The molecule has 0 aromatic heterocycles. The van der Waals surface area contributed by atoms with Gasteiger partial charge in [0, 0.05) is 25.7 Å². The molecule has 1 fully saturated rings. The molecule has 1 aromatic rings. The van der Waals surface area contributed by atoms with Gasteiger partial charge >= 0.3 is 0 Å². The molecule has 3 N–H and O–H groups in total. The minimum absolute atomic E-state index is 0.286. The first-order valence-corrected chi connectivity index (χ1v) is 11.3. The molecule has 8 heteroatoms. The average Bonchev–Trinajstić information content (AvgIpc) is 3.11. The van der Waals surface area contributed by atoms with E-state index in [0.717, 1.165) is 19.6 Å². The lowest BCUT2D eigenvalue weighted by Gasteiger charge is -2.30. The number of hydrogen-bond acceptors (Lipinski definition) is 4. The molecule has 2 rings (SSSR count). The first-order valence-electron chi connectivity index (χ1n) is 9.43. The van der Waals surface area contributed by atoms with Crippen LogP contribution in [0.2, 0.25) is 0 Å². The minimum Gasteiger partial charge on any atom is -0.355 e. The Morgan fingerprint density at radius 1 is 1.19 bits per heavy atom. The Labute approximate surface area is 163 Å². The van der Waals surface area contributed by atoms with Crippen LogP contribution in [0, 0.1) is 0 Å². The molecule has 1 unspecified atom stereocenters. The largest absolute Gasteiger partial charge is 0.355 e. The lowest BCUT2D eigenvalue weighted by Crippen LogP contribution is -2.53. The summed E-state index contributed by atoms with van der Waals surface area (Å²) in [5.74, 6) is 0.665. The van der Waals surface area contributed by atoms with Gasteiger partial charge in [0.1, 0.15) is 0 Å². The van der Waals surface area contributed by atoms with Crippen molar-refractivity contribution in [2.24, 2.45) is 4.99 Å². The van der Waals surface area contributed by atoms with Crippen LogP contribution in [-0.4, -0.2) is 64.3 Å². The van der Waals surface area contributed by atoms with Crippen molar-refractivity contribution in [3.63, 3.8) is 0 Å². The van der Waals surface area contributed by atoms with Crippen molar-refractivity contribution in [1.29, 1.82) is 0 Å². The second-order valence-electron chi connectivity index (χ2n) is 7.73. The molecule has 0 bridgehead atoms. The summed E-state index contributed by atoms with van der Waals surface area (Å²) in [7, 11) is -1.54. The van der Waals surface area contributed by atoms with Crippen molar-refractivity contribution in [3.05, 3.63) is 35.9 Å². The fraction of sp³-hybridized carbons (Fsp3) is 0.632. The number of aliphatic imine (C=N–C) groups is 1. The normalized spacial score (nSPS) is 17.7. The van der Waals surface area contributed by atoms with Crippen LogP contribution in [0.4, 0.5) is 0 Å². The Hall–Kier alpha value is -1.64. The Bertz CT molecular complexity index is 713. The molecule has 0 spiro atoms. The van der Waals surface area contributed by atoms with Crippen molar-refractivity contribution < 1.29 is 8.42 Å². The summed E-state index contributed by atoms with van der Waals surface area (Å²) in [6.07, 6.45) is 3.64. The lowest BCUT2D eigenvalue weighted by atomic mass is 10.1. The number of likely N-dealkylation sites (tertiary alicyclic amines) is 1. The Kier molecular flexibility index (Phi) is 7.64. The molecule has 0 saturated carbocycles. The summed E-state index contributed by atoms with van der Waals surface area (Å²) in [5.41, 5.74) is 0.681. The molecule has 1 saturated heterocycles. The number of nitrogens with one attached hydrogen (secondary N) is 3. The molecular formula is C19H33N5O2S. The van der Waals surface area contributed by atoms with Gasteiger partial charge in [0.25, 0.3) is 0 Å². The lowest BCUT2D eigenvalue weighted by molar-refractivity contribution is 0.245. The predicted octanol–water partition coefficient (Wildman–Crippen LogP) is 1.32. The van der Waals surface area contributed by atoms with Gasteiger partial charge in [0.15, 0.2) is 5.96 Å². The van der Waals surface area contributed by atoms with Gasteiger partial charge in [-0.25, -0.2) is 13.1 Å². The summed E-state index contributed by atoms with van der Waals surface area (Å²) in [5, 5.41) is 6.62. The van der Waals surface area contributed by atoms with Crippen LogP contribution in [0.3, 0.4) is 0 Å². The molecule has 1 aromatic carbocycles. The van der Waals surface area contributed by atoms with Crippen LogP contribution in [0.5, 0.6) is 0 Å². The average molecular weight is 396 g/mol. The highest BCUT2D eigenvalue weighted by Gasteiger charge is 2.25. The number of sulfonamides is 1. The van der Waals surface area contributed by atoms with Gasteiger partial charge in [-0.15, -0.1) is 0 Å². The van der Waals surface area contributed by atoms with E-state index < -0.39 is 15.6 Å². The van der Waals surface area contributed by atoms with Gasteiger partial charge in [-0.2, -0.15) is 0 Å². The fourth-order valence-corrected chi connectivity index (χ4v) is 4.52. The van der Waals surface area contributed by atoms with Gasteiger partial charge in [-0.1, -0.05) is 30.3 Å². The molecule has 1 aliphatic rings. The second-order valence-corrected chi connectivity index (χ2v) is 9.48. The Morgan fingerprint density at radius 2 is 1.81 bits per heavy atom. The van der Waals surface area contributed by atoms with Crippen LogP contribution >= 0.6 is 0 Å². The third kappa shape index (κ3) is 7.48. The monoisotopic (exact) mass is 395 g/mol. The maximum atomic E-state index is 11.5. The van der Waals surface area contributed by atoms with E-state index in [9.17, 15) is 8.42 Å². The maximum Gasteiger partial charge on any atom is 0.209 e. The van der Waals surface area contributed by atoms with Crippen LogP contribution in [0.25, 0.3) is 0 Å². The number of nitrogens with zero attached hydrogens (tertiary/aromatic N) is 2. The quantitative estimate of drug-likeness (QED) is 0.457. The molecule has 1 atom stereocenters. The van der Waals surface area contributed by atoms with Gasteiger partial charge in [-0.3, -0.25) is 9.89 Å². The van der Waals surface area contributed by atoms with Crippen LogP contribution < -0.4 is 15.4 Å². The van der Waals surface area contributed by atoms with Crippen molar-refractivity contribution in [2.45, 2.75) is 38.3 Å². The highest BCUT2D eigenvalue weighted by atomic mass is 32.2. The van der Waals surface area contributed by atoms with Crippen LogP contribution in [0.15, 0.2) is 35.3 Å². The Balaban J connectivity index is 1.96. The van der Waals surface area contributed by atoms with Gasteiger partial charge in [-0.05, 0) is 45.3 Å². The first kappa shape index (κ1) is 21.7. The van der Waals surface area contributed by atoms with Crippen LogP contribution in [-0.2, 0) is 10.0 Å². The summed E-state index contributed by atoms with van der Waals surface area (Å²) in [6, 6.07) is 10.8. The van der Waals surface area contributed by atoms with E-state index in [1.54, 1.807) is 7.05 Å². The zero-order valence-corrected chi connectivity index (χ0v) is 17.6. The van der Waals surface area contributed by atoms with E-state index in [4.69, 9.17) is 0 Å². The molecule has 0 radical (unpaired) electrons. The summed E-state index contributed by atoms with van der Waals surface area (Å²) in [4.78, 5) is 6.78. The van der Waals surface area contributed by atoms with E-state index in [1.165, 1.54) is 24.7 Å². The topological polar surface area (TPSA) is 85.8 Å². The summed E-state index contributed by atoms with van der Waals surface area (Å²) < 4.78 is 25.6. The second kappa shape index (κ2) is 9.52. The highest BCUT2D eigenvalue weighted by Crippen LogP contribution is 2.24. The third-order valence-corrected chi connectivity index (χ3v) is 5.54. The zero-order chi connectivity index (χ0) is 19.9. The SMILES string of the molecule is CN=C(NCC(c1ccccc1)N1CCCC1)NCC(C)(C)NS(C)(=O)=O. The van der Waals surface area contributed by atoms with Crippen molar-refractivity contribution in [3.8, 4) is 0 Å². The predicted molar refractivity (Wildman–Crippen MR) is 111 cm³/mol. The molecular weight excluding hydrogens is 362 g/mol. The van der Waals surface area contributed by atoms with Crippen LogP contribution in [0.1, 0.15) is 38.3 Å². The summed E-state index contributed by atoms with van der Waals surface area (Å²) in [6.45, 7) is 7.07. The first-order chi connectivity index (χ1) is 12.7. The Morgan fingerprint density at radius 3 is 2.37 bits per heavy atom. The summed E-state index contributed by atoms with van der Waals surface area (Å²) >= 11 is 0. The van der Waals surface area contributed by atoms with Crippen molar-refractivity contribution in [2.75, 3.05) is 39.5 Å². The van der Waals surface area contributed by atoms with E-state index in [-0.39, 0.29) is 6.04 Å². The fourth-order valence-electron chi connectivity index (χ4n) is 3.44. The van der Waals surface area contributed by atoms with Gasteiger partial charge < -0.3 is 10.6 Å². The molecule has 7 nitrogen and oxygen atoms in total. The zero-order valence-electron chi connectivity index (χ0n) is 16.8. The molecule has 0 aliphatic carbocycles. The molecule has 27 heavy (non-hydrogen) atoms. The van der Waals surface area contributed by atoms with Crippen molar-refractivity contribution >= 4 is 16.0 Å².